The summed E-state index contributed by atoms with van der Waals surface area (Å²) in [6.07, 6.45) is 5.83. The average Bonchev–Trinajstić information content (AvgIpc) is 2.96. The van der Waals surface area contributed by atoms with E-state index in [-0.39, 0.29) is 24.3 Å². The summed E-state index contributed by atoms with van der Waals surface area (Å²) in [6, 6.07) is 2.77. The highest BCUT2D eigenvalue weighted by Gasteiger charge is 2.30. The number of hydrogen-bond donors (Lipinski definition) is 2. The van der Waals surface area contributed by atoms with E-state index in [0.29, 0.717) is 26.1 Å². The van der Waals surface area contributed by atoms with Gasteiger partial charge in [-0.25, -0.2) is 4.79 Å². The highest BCUT2D eigenvalue weighted by atomic mass is 16.5. The molecule has 4 amide bonds. The first kappa shape index (κ1) is 17.3. The van der Waals surface area contributed by atoms with Crippen LogP contribution in [-0.2, 0) is 20.9 Å². The van der Waals surface area contributed by atoms with Gasteiger partial charge >= 0.3 is 6.03 Å². The number of ether oxygens (including phenoxy) is 1. The highest BCUT2D eigenvalue weighted by Crippen LogP contribution is 2.17. The molecule has 134 valence electrons. The van der Waals surface area contributed by atoms with Crippen LogP contribution >= 0.6 is 0 Å². The Morgan fingerprint density at radius 3 is 2.76 bits per heavy atom. The molecule has 8 nitrogen and oxygen atoms in total. The molecule has 1 aromatic heterocycles. The summed E-state index contributed by atoms with van der Waals surface area (Å²) in [6.45, 7) is 1.84. The number of hydrogen-bond acceptors (Lipinski definition) is 5. The molecule has 0 radical (unpaired) electrons. The maximum Gasteiger partial charge on any atom is 0.322 e. The molecule has 25 heavy (non-hydrogen) atoms. The minimum atomic E-state index is -0.600. The topological polar surface area (TPSA) is 101 Å². The van der Waals surface area contributed by atoms with Gasteiger partial charge in [-0.1, -0.05) is 6.07 Å². The number of likely N-dealkylation sites (tertiary alicyclic amines) is 1. The Bertz CT molecular complexity index is 629. The van der Waals surface area contributed by atoms with Crippen molar-refractivity contribution >= 4 is 17.8 Å². The third kappa shape index (κ3) is 4.76. The third-order valence-electron chi connectivity index (χ3n) is 4.51. The van der Waals surface area contributed by atoms with Crippen LogP contribution in [0, 0.1) is 0 Å². The summed E-state index contributed by atoms with van der Waals surface area (Å²) < 4.78 is 5.89. The van der Waals surface area contributed by atoms with Crippen LogP contribution in [-0.4, -0.2) is 53.0 Å². The summed E-state index contributed by atoms with van der Waals surface area (Å²) in [5.41, 5.74) is 1.04. The summed E-state index contributed by atoms with van der Waals surface area (Å²) in [4.78, 5) is 40.6. The lowest BCUT2D eigenvalue weighted by molar-refractivity contribution is -0.134. The fourth-order valence-electron chi connectivity index (χ4n) is 3.06. The van der Waals surface area contributed by atoms with Gasteiger partial charge in [0, 0.05) is 31.9 Å². The van der Waals surface area contributed by atoms with E-state index in [2.05, 4.69) is 15.6 Å². The Hall–Kier alpha value is -2.48. The van der Waals surface area contributed by atoms with E-state index >= 15 is 0 Å². The van der Waals surface area contributed by atoms with Crippen molar-refractivity contribution < 1.29 is 19.1 Å². The molecule has 3 rings (SSSR count). The maximum atomic E-state index is 12.3. The van der Waals surface area contributed by atoms with Gasteiger partial charge in [0.15, 0.2) is 0 Å². The van der Waals surface area contributed by atoms with Crippen LogP contribution in [0.25, 0.3) is 0 Å². The number of piperidine rings is 1. The van der Waals surface area contributed by atoms with Crippen LogP contribution in [0.5, 0.6) is 0 Å². The van der Waals surface area contributed by atoms with E-state index in [1.54, 1.807) is 17.3 Å². The predicted molar refractivity (Wildman–Crippen MR) is 88.3 cm³/mol. The van der Waals surface area contributed by atoms with Crippen LogP contribution in [0.2, 0.25) is 0 Å². The van der Waals surface area contributed by atoms with Gasteiger partial charge in [-0.2, -0.15) is 0 Å². The second kappa shape index (κ2) is 8.06. The summed E-state index contributed by atoms with van der Waals surface area (Å²) in [7, 11) is 0. The lowest BCUT2D eigenvalue weighted by atomic mass is 10.1. The Labute approximate surface area is 145 Å². The Morgan fingerprint density at radius 2 is 2.12 bits per heavy atom. The molecule has 0 bridgehead atoms. The van der Waals surface area contributed by atoms with Crippen LogP contribution in [0.4, 0.5) is 4.79 Å². The summed E-state index contributed by atoms with van der Waals surface area (Å²) >= 11 is 0. The number of carbonyl (C=O) groups is 3. The van der Waals surface area contributed by atoms with E-state index < -0.39 is 12.1 Å². The number of pyridine rings is 1. The van der Waals surface area contributed by atoms with Crippen molar-refractivity contribution in [1.82, 2.24) is 20.5 Å². The lowest BCUT2D eigenvalue weighted by Gasteiger charge is -2.32. The number of carbonyl (C=O) groups excluding carboxylic acids is 3. The van der Waals surface area contributed by atoms with Gasteiger partial charge in [0.05, 0.1) is 12.7 Å². The maximum absolute atomic E-state index is 12.3. The first-order valence-corrected chi connectivity index (χ1v) is 8.51. The minimum Gasteiger partial charge on any atom is -0.373 e. The minimum absolute atomic E-state index is 0.0136. The molecule has 2 aliphatic rings. The van der Waals surface area contributed by atoms with Gasteiger partial charge in [0.1, 0.15) is 6.04 Å². The molecule has 1 aromatic rings. The first-order valence-electron chi connectivity index (χ1n) is 8.51. The van der Waals surface area contributed by atoms with Crippen LogP contribution < -0.4 is 10.6 Å². The SMILES string of the molecule is O=C1NC(=O)[C@H](CCC(=O)N2CCC(OCc3cccnc3)CC2)N1. The quantitative estimate of drug-likeness (QED) is 0.734. The van der Waals surface area contributed by atoms with E-state index in [1.165, 1.54) is 0 Å². The van der Waals surface area contributed by atoms with Gasteiger partial charge in [-0.05, 0) is 30.9 Å². The van der Waals surface area contributed by atoms with E-state index in [1.807, 2.05) is 12.1 Å². The van der Waals surface area contributed by atoms with Crippen LogP contribution in [0.1, 0.15) is 31.2 Å². The first-order chi connectivity index (χ1) is 12.1. The number of nitrogens with one attached hydrogen (secondary N) is 2. The number of aromatic nitrogens is 1. The molecule has 2 aliphatic heterocycles. The van der Waals surface area contributed by atoms with Gasteiger partial charge in [0.2, 0.25) is 5.91 Å². The second-order valence-electron chi connectivity index (χ2n) is 6.31. The zero-order valence-corrected chi connectivity index (χ0v) is 13.9. The molecule has 0 spiro atoms. The Morgan fingerprint density at radius 1 is 1.32 bits per heavy atom. The average molecular weight is 346 g/mol. The number of amides is 4. The molecular formula is C17H22N4O4. The number of rotatable bonds is 6. The molecule has 0 aromatic carbocycles. The fourth-order valence-corrected chi connectivity index (χ4v) is 3.06. The molecule has 1 atom stereocenters. The van der Waals surface area contributed by atoms with E-state index in [9.17, 15) is 14.4 Å². The zero-order valence-electron chi connectivity index (χ0n) is 13.9. The molecule has 2 fully saturated rings. The second-order valence-corrected chi connectivity index (χ2v) is 6.31. The summed E-state index contributed by atoms with van der Waals surface area (Å²) in [5, 5.41) is 4.67. The summed E-state index contributed by atoms with van der Waals surface area (Å²) in [5.74, 6) is -0.347. The molecular weight excluding hydrogens is 324 g/mol. The molecule has 0 saturated carbocycles. The van der Waals surface area contributed by atoms with Crippen molar-refractivity contribution in [3.8, 4) is 0 Å². The predicted octanol–water partition coefficient (Wildman–Crippen LogP) is 0.577. The largest absolute Gasteiger partial charge is 0.373 e. The highest BCUT2D eigenvalue weighted by molar-refractivity contribution is 6.04. The van der Waals surface area contributed by atoms with Crippen LogP contribution in [0.15, 0.2) is 24.5 Å². The van der Waals surface area contributed by atoms with Crippen LogP contribution in [0.3, 0.4) is 0 Å². The normalized spacial score (nSPS) is 21.1. The monoisotopic (exact) mass is 346 g/mol. The van der Waals surface area contributed by atoms with Gasteiger partial charge < -0.3 is 15.0 Å². The zero-order chi connectivity index (χ0) is 17.6. The van der Waals surface area contributed by atoms with Crippen molar-refractivity contribution in [1.29, 1.82) is 0 Å². The van der Waals surface area contributed by atoms with Gasteiger partial charge in [-0.3, -0.25) is 19.9 Å². The van der Waals surface area contributed by atoms with Crippen molar-refractivity contribution in [3.05, 3.63) is 30.1 Å². The van der Waals surface area contributed by atoms with Crippen molar-refractivity contribution in [2.24, 2.45) is 0 Å². The van der Waals surface area contributed by atoms with Crippen molar-refractivity contribution in [2.75, 3.05) is 13.1 Å². The molecule has 0 aliphatic carbocycles. The molecule has 0 unspecified atom stereocenters. The van der Waals surface area contributed by atoms with E-state index in [4.69, 9.17) is 4.74 Å². The fraction of sp³-hybridized carbons (Fsp3) is 0.529. The van der Waals surface area contributed by atoms with Gasteiger partial charge in [-0.15, -0.1) is 0 Å². The van der Waals surface area contributed by atoms with E-state index in [0.717, 1.165) is 18.4 Å². The van der Waals surface area contributed by atoms with Crippen molar-refractivity contribution in [3.63, 3.8) is 0 Å². The number of urea groups is 1. The van der Waals surface area contributed by atoms with Crippen molar-refractivity contribution in [2.45, 2.75) is 44.4 Å². The molecule has 8 heteroatoms. The van der Waals surface area contributed by atoms with Gasteiger partial charge in [0.25, 0.3) is 5.91 Å². The lowest BCUT2D eigenvalue weighted by Crippen LogP contribution is -2.41. The molecule has 2 saturated heterocycles. The third-order valence-corrected chi connectivity index (χ3v) is 4.51. The smallest absolute Gasteiger partial charge is 0.322 e. The number of nitrogens with zero attached hydrogens (tertiary/aromatic N) is 2. The number of imide groups is 1. The molecule has 3 heterocycles. The standard InChI is InChI=1S/C17H22N4O4/c22-15(4-3-14-16(23)20-17(24)19-14)21-8-5-13(6-9-21)25-11-12-2-1-7-18-10-12/h1-2,7,10,13-14H,3-6,8-9,11H2,(H2,19,20,23,24)/t14-/m0/s1. The Kier molecular flexibility index (Phi) is 5.60. The Balaban J connectivity index is 1.36. The molecule has 2 N–H and O–H groups in total.